The average molecular weight is 433 g/mol. The van der Waals surface area contributed by atoms with Crippen LogP contribution in [-0.4, -0.2) is 24.6 Å². The maximum Gasteiger partial charge on any atom is 0.216 e. The van der Waals surface area contributed by atoms with E-state index in [1.54, 1.807) is 0 Å². The molecule has 0 saturated carbocycles. The van der Waals surface area contributed by atoms with E-state index < -0.39 is 0 Å². The van der Waals surface area contributed by atoms with Gasteiger partial charge in [-0.2, -0.15) is 0 Å². The maximum atomic E-state index is 5.95. The van der Waals surface area contributed by atoms with E-state index in [2.05, 4.69) is 104 Å². The number of benzene rings is 4. The Hall–Kier alpha value is -3.59. The van der Waals surface area contributed by atoms with Gasteiger partial charge in [-0.15, -0.1) is 0 Å². The minimum Gasteiger partial charge on any atom is -0.475 e. The lowest BCUT2D eigenvalue weighted by Gasteiger charge is -2.23. The Morgan fingerprint density at radius 2 is 1.70 bits per heavy atom. The Balaban J connectivity index is 1.47. The van der Waals surface area contributed by atoms with Gasteiger partial charge in [0.2, 0.25) is 5.90 Å². The molecule has 0 spiro atoms. The molecule has 0 aliphatic carbocycles. The molecule has 3 heteroatoms. The largest absolute Gasteiger partial charge is 0.475 e. The Morgan fingerprint density at radius 1 is 0.879 bits per heavy atom. The van der Waals surface area contributed by atoms with Crippen molar-refractivity contribution in [3.63, 3.8) is 0 Å². The quantitative estimate of drug-likeness (QED) is 0.362. The molecule has 0 fully saturated rings. The molecule has 6 rings (SSSR count). The number of hydrogen-bond donors (Lipinski definition) is 0. The van der Waals surface area contributed by atoms with Crippen LogP contribution in [0.25, 0.3) is 21.9 Å². The number of hydrogen-bond acceptors (Lipinski definition) is 3. The Labute approximate surface area is 195 Å². The molecule has 2 aliphatic heterocycles. The van der Waals surface area contributed by atoms with E-state index >= 15 is 0 Å². The first kappa shape index (κ1) is 20.0. The van der Waals surface area contributed by atoms with Crippen molar-refractivity contribution >= 4 is 22.4 Å². The summed E-state index contributed by atoms with van der Waals surface area (Å²) in [7, 11) is 0. The topological polar surface area (TPSA) is 24.8 Å². The van der Waals surface area contributed by atoms with Gasteiger partial charge < -0.3 is 9.64 Å². The van der Waals surface area contributed by atoms with Gasteiger partial charge in [-0.25, -0.2) is 4.99 Å². The van der Waals surface area contributed by atoms with Crippen molar-refractivity contribution < 1.29 is 4.74 Å². The average Bonchev–Trinajstić information content (AvgIpc) is 3.42. The molecule has 4 aromatic rings. The highest BCUT2D eigenvalue weighted by Crippen LogP contribution is 2.41. The summed E-state index contributed by atoms with van der Waals surface area (Å²) < 4.78 is 5.95. The zero-order valence-electron chi connectivity index (χ0n) is 19.2. The highest BCUT2D eigenvalue weighted by molar-refractivity contribution is 6.05. The fraction of sp³-hybridized carbons (Fsp3) is 0.233. The molecule has 2 heterocycles. The SMILES string of the molecule is CC1(C)COC(c2ccc3cccc(-c4cccc5c4N(Cc4ccccc4)CC5)c3c2)=N1. The molecule has 33 heavy (non-hydrogen) atoms. The van der Waals surface area contributed by atoms with E-state index in [1.807, 2.05) is 0 Å². The zero-order chi connectivity index (χ0) is 22.4. The predicted octanol–water partition coefficient (Wildman–Crippen LogP) is 6.62. The van der Waals surface area contributed by atoms with Crippen LogP contribution in [0.3, 0.4) is 0 Å². The standard InChI is InChI=1S/C30H28N2O/c1-30(2)20-33-29(31-30)24-15-14-22-10-6-12-25(27(22)18-24)26-13-7-11-23-16-17-32(28(23)26)19-21-8-4-3-5-9-21/h3-15,18H,16-17,19-20H2,1-2H3. The molecule has 0 aromatic heterocycles. The molecule has 0 amide bonds. The summed E-state index contributed by atoms with van der Waals surface area (Å²) in [5, 5.41) is 2.48. The lowest BCUT2D eigenvalue weighted by atomic mass is 9.94. The first-order valence-corrected chi connectivity index (χ1v) is 11.7. The fourth-order valence-electron chi connectivity index (χ4n) is 5.09. The molecule has 3 nitrogen and oxygen atoms in total. The monoisotopic (exact) mass is 432 g/mol. The molecule has 2 aliphatic rings. The summed E-state index contributed by atoms with van der Waals surface area (Å²) in [6, 6.07) is 30.7. The number of aliphatic imine (C=N–C) groups is 1. The smallest absolute Gasteiger partial charge is 0.216 e. The van der Waals surface area contributed by atoms with Gasteiger partial charge in [-0.3, -0.25) is 0 Å². The van der Waals surface area contributed by atoms with Crippen LogP contribution in [-0.2, 0) is 17.7 Å². The second-order valence-corrected chi connectivity index (χ2v) is 9.73. The number of fused-ring (bicyclic) bond motifs is 2. The third-order valence-corrected chi connectivity index (χ3v) is 6.69. The number of anilines is 1. The van der Waals surface area contributed by atoms with Crippen molar-refractivity contribution in [2.45, 2.75) is 32.4 Å². The summed E-state index contributed by atoms with van der Waals surface area (Å²) >= 11 is 0. The molecule has 0 unspecified atom stereocenters. The third-order valence-electron chi connectivity index (χ3n) is 6.69. The maximum absolute atomic E-state index is 5.95. The molecule has 0 bridgehead atoms. The van der Waals surface area contributed by atoms with Gasteiger partial charge in [0, 0.05) is 29.9 Å². The van der Waals surface area contributed by atoms with Crippen LogP contribution in [0.4, 0.5) is 5.69 Å². The van der Waals surface area contributed by atoms with Crippen LogP contribution in [0.15, 0.2) is 89.9 Å². The normalized spacial score (nSPS) is 16.5. The molecule has 0 radical (unpaired) electrons. The van der Waals surface area contributed by atoms with Crippen LogP contribution in [0.1, 0.15) is 30.5 Å². The second kappa shape index (κ2) is 7.77. The Morgan fingerprint density at radius 3 is 2.52 bits per heavy atom. The van der Waals surface area contributed by atoms with E-state index in [0.717, 1.165) is 31.0 Å². The van der Waals surface area contributed by atoms with Gasteiger partial charge in [0.1, 0.15) is 6.61 Å². The highest BCUT2D eigenvalue weighted by Gasteiger charge is 2.28. The molecule has 0 saturated heterocycles. The van der Waals surface area contributed by atoms with Crippen molar-refractivity contribution in [2.75, 3.05) is 18.1 Å². The fourth-order valence-corrected chi connectivity index (χ4v) is 5.09. The zero-order valence-corrected chi connectivity index (χ0v) is 19.2. The summed E-state index contributed by atoms with van der Waals surface area (Å²) in [5.41, 5.74) is 7.61. The van der Waals surface area contributed by atoms with E-state index in [9.17, 15) is 0 Å². The first-order valence-electron chi connectivity index (χ1n) is 11.7. The van der Waals surface area contributed by atoms with Gasteiger partial charge in [-0.05, 0) is 59.9 Å². The minimum atomic E-state index is -0.165. The van der Waals surface area contributed by atoms with Crippen LogP contribution < -0.4 is 4.90 Å². The van der Waals surface area contributed by atoms with Crippen molar-refractivity contribution in [1.82, 2.24) is 0 Å². The van der Waals surface area contributed by atoms with Gasteiger partial charge in [-0.1, -0.05) is 72.8 Å². The minimum absolute atomic E-state index is 0.165. The van der Waals surface area contributed by atoms with Crippen LogP contribution in [0.2, 0.25) is 0 Å². The van der Waals surface area contributed by atoms with Crippen molar-refractivity contribution in [3.05, 3.63) is 102 Å². The third kappa shape index (κ3) is 3.68. The number of para-hydroxylation sites is 1. The highest BCUT2D eigenvalue weighted by atomic mass is 16.5. The molecule has 0 atom stereocenters. The lowest BCUT2D eigenvalue weighted by Crippen LogP contribution is -2.20. The van der Waals surface area contributed by atoms with Crippen LogP contribution in [0, 0.1) is 0 Å². The molecule has 0 N–H and O–H groups in total. The summed E-state index contributed by atoms with van der Waals surface area (Å²) in [6.07, 6.45) is 1.09. The Bertz CT molecular complexity index is 1370. The van der Waals surface area contributed by atoms with E-state index in [0.29, 0.717) is 6.61 Å². The predicted molar refractivity (Wildman–Crippen MR) is 137 cm³/mol. The molecule has 4 aromatic carbocycles. The number of nitrogens with zero attached hydrogens (tertiary/aromatic N) is 2. The summed E-state index contributed by atoms with van der Waals surface area (Å²) in [6.45, 7) is 6.84. The molecular weight excluding hydrogens is 404 g/mol. The molecular formula is C30H28N2O. The van der Waals surface area contributed by atoms with Crippen LogP contribution in [0.5, 0.6) is 0 Å². The van der Waals surface area contributed by atoms with Gasteiger partial charge in [0.15, 0.2) is 0 Å². The van der Waals surface area contributed by atoms with Gasteiger partial charge >= 0.3 is 0 Å². The van der Waals surface area contributed by atoms with Crippen molar-refractivity contribution in [3.8, 4) is 11.1 Å². The lowest BCUT2D eigenvalue weighted by molar-refractivity contribution is 0.279. The van der Waals surface area contributed by atoms with Gasteiger partial charge in [0.05, 0.1) is 5.54 Å². The van der Waals surface area contributed by atoms with E-state index in [4.69, 9.17) is 9.73 Å². The number of ether oxygens (including phenoxy) is 1. The summed E-state index contributed by atoms with van der Waals surface area (Å²) in [4.78, 5) is 7.34. The first-order chi connectivity index (χ1) is 16.1. The second-order valence-electron chi connectivity index (χ2n) is 9.73. The van der Waals surface area contributed by atoms with E-state index in [1.165, 1.54) is 38.7 Å². The molecule has 164 valence electrons. The van der Waals surface area contributed by atoms with E-state index in [-0.39, 0.29) is 5.54 Å². The van der Waals surface area contributed by atoms with Crippen LogP contribution >= 0.6 is 0 Å². The number of rotatable bonds is 4. The van der Waals surface area contributed by atoms with Crippen molar-refractivity contribution in [1.29, 1.82) is 0 Å². The van der Waals surface area contributed by atoms with Gasteiger partial charge in [0.25, 0.3) is 0 Å². The summed E-state index contributed by atoms with van der Waals surface area (Å²) in [5.74, 6) is 0.751. The Kier molecular flexibility index (Phi) is 4.72. The van der Waals surface area contributed by atoms with Crippen molar-refractivity contribution in [2.24, 2.45) is 4.99 Å².